The van der Waals surface area contributed by atoms with Crippen molar-refractivity contribution in [2.45, 2.75) is 39.2 Å². The fourth-order valence-electron chi connectivity index (χ4n) is 3.73. The molecule has 0 bridgehead atoms. The van der Waals surface area contributed by atoms with Gasteiger partial charge >= 0.3 is 5.97 Å². The van der Waals surface area contributed by atoms with Gasteiger partial charge in [0.15, 0.2) is 0 Å². The summed E-state index contributed by atoms with van der Waals surface area (Å²) in [7, 11) is 0. The van der Waals surface area contributed by atoms with Gasteiger partial charge in [-0.05, 0) is 36.6 Å². The molecule has 0 saturated heterocycles. The van der Waals surface area contributed by atoms with E-state index in [1.807, 2.05) is 49.4 Å². The Morgan fingerprint density at radius 3 is 2.62 bits per heavy atom. The molecule has 7 heteroatoms. The van der Waals surface area contributed by atoms with E-state index in [-0.39, 0.29) is 5.97 Å². The van der Waals surface area contributed by atoms with Crippen molar-refractivity contribution in [2.24, 2.45) is 0 Å². The Balaban J connectivity index is 1.51. The molecule has 0 saturated carbocycles. The maximum absolute atomic E-state index is 12.9. The van der Waals surface area contributed by atoms with Crippen LogP contribution in [0.25, 0.3) is 0 Å². The van der Waals surface area contributed by atoms with Crippen LogP contribution in [0.4, 0.5) is 5.95 Å². The summed E-state index contributed by atoms with van der Waals surface area (Å²) in [5, 5.41) is 7.51. The lowest BCUT2D eigenvalue weighted by molar-refractivity contribution is -0.139. The number of nitrogens with one attached hydrogen (secondary N) is 1. The van der Waals surface area contributed by atoms with E-state index in [1.54, 1.807) is 4.68 Å². The average Bonchev–Trinajstić information content (AvgIpc) is 3.27. The summed E-state index contributed by atoms with van der Waals surface area (Å²) >= 11 is 0. The smallest absolute Gasteiger partial charge is 0.338 e. The maximum atomic E-state index is 12.9. The zero-order valence-electron chi connectivity index (χ0n) is 18.5. The summed E-state index contributed by atoms with van der Waals surface area (Å²) in [6.45, 7) is 4.92. The van der Waals surface area contributed by atoms with Crippen LogP contribution >= 0.6 is 0 Å². The molecule has 3 aromatic rings. The number of anilines is 1. The Bertz CT molecular complexity index is 1070. The van der Waals surface area contributed by atoms with Crippen LogP contribution in [0.2, 0.25) is 0 Å². The third-order valence-corrected chi connectivity index (χ3v) is 5.44. The number of benzene rings is 2. The van der Waals surface area contributed by atoms with E-state index < -0.39 is 6.04 Å². The van der Waals surface area contributed by atoms with Gasteiger partial charge in [0.2, 0.25) is 5.95 Å². The second-order valence-electron chi connectivity index (χ2n) is 7.74. The predicted molar refractivity (Wildman–Crippen MR) is 122 cm³/mol. The van der Waals surface area contributed by atoms with Crippen LogP contribution < -0.4 is 10.1 Å². The van der Waals surface area contributed by atoms with Crippen molar-refractivity contribution < 1.29 is 14.3 Å². The fourth-order valence-corrected chi connectivity index (χ4v) is 3.73. The fraction of sp³-hybridized carbons (Fsp3) is 0.320. The van der Waals surface area contributed by atoms with E-state index in [1.165, 1.54) is 11.9 Å². The standard InChI is InChI=1S/C25H28N4O3/c1-3-4-15-32-24(30)22-18(2)28-25-26-17-27-29(25)23(22)20-10-12-21(13-11-20)31-16-14-19-8-6-5-7-9-19/h5-13,17,23H,3-4,14-16H2,1-2H3,(H,26,27,28). The Morgan fingerprint density at radius 1 is 1.09 bits per heavy atom. The van der Waals surface area contributed by atoms with Gasteiger partial charge in [0.25, 0.3) is 0 Å². The van der Waals surface area contributed by atoms with E-state index in [4.69, 9.17) is 9.47 Å². The molecule has 166 valence electrons. The first-order valence-corrected chi connectivity index (χ1v) is 11.0. The SMILES string of the molecule is CCCCOC(=O)C1=C(C)Nc2ncnn2C1c1ccc(OCCc2ccccc2)cc1. The predicted octanol–water partition coefficient (Wildman–Crippen LogP) is 4.53. The highest BCUT2D eigenvalue weighted by atomic mass is 16.5. The van der Waals surface area contributed by atoms with E-state index in [0.717, 1.165) is 36.3 Å². The molecule has 0 fully saturated rings. The summed E-state index contributed by atoms with van der Waals surface area (Å²) in [5.74, 6) is 1.05. The van der Waals surface area contributed by atoms with Gasteiger partial charge in [0.05, 0.1) is 18.8 Å². The van der Waals surface area contributed by atoms with Crippen molar-refractivity contribution >= 4 is 11.9 Å². The maximum Gasteiger partial charge on any atom is 0.338 e. The molecule has 7 nitrogen and oxygen atoms in total. The zero-order valence-corrected chi connectivity index (χ0v) is 18.5. The summed E-state index contributed by atoms with van der Waals surface area (Å²) < 4.78 is 13.2. The number of aromatic nitrogens is 3. The number of allylic oxidation sites excluding steroid dienone is 1. The van der Waals surface area contributed by atoms with E-state index in [2.05, 4.69) is 34.5 Å². The molecule has 1 N–H and O–H groups in total. The summed E-state index contributed by atoms with van der Waals surface area (Å²) in [4.78, 5) is 17.2. The van der Waals surface area contributed by atoms with Crippen molar-refractivity contribution in [2.75, 3.05) is 18.5 Å². The van der Waals surface area contributed by atoms with Crippen LogP contribution in [0.1, 0.15) is 43.9 Å². The monoisotopic (exact) mass is 432 g/mol. The first-order chi connectivity index (χ1) is 15.7. The minimum Gasteiger partial charge on any atom is -0.493 e. The highest BCUT2D eigenvalue weighted by Gasteiger charge is 2.34. The highest BCUT2D eigenvalue weighted by Crippen LogP contribution is 2.35. The topological polar surface area (TPSA) is 78.3 Å². The molecule has 0 aliphatic carbocycles. The summed E-state index contributed by atoms with van der Waals surface area (Å²) in [6.07, 6.45) is 4.12. The highest BCUT2D eigenvalue weighted by molar-refractivity contribution is 5.92. The van der Waals surface area contributed by atoms with Crippen molar-refractivity contribution in [3.63, 3.8) is 0 Å². The lowest BCUT2D eigenvalue weighted by atomic mass is 9.96. The van der Waals surface area contributed by atoms with E-state index in [0.29, 0.717) is 24.7 Å². The average molecular weight is 433 g/mol. The number of ether oxygens (including phenoxy) is 2. The molecule has 4 rings (SSSR count). The normalized spacial score (nSPS) is 15.1. The van der Waals surface area contributed by atoms with Crippen molar-refractivity contribution in [1.29, 1.82) is 0 Å². The van der Waals surface area contributed by atoms with Crippen molar-refractivity contribution in [1.82, 2.24) is 14.8 Å². The van der Waals surface area contributed by atoms with Crippen LogP contribution in [0, 0.1) is 0 Å². The van der Waals surface area contributed by atoms with Crippen LogP contribution in [-0.2, 0) is 16.0 Å². The van der Waals surface area contributed by atoms with Crippen LogP contribution in [0.5, 0.6) is 5.75 Å². The van der Waals surface area contributed by atoms with Crippen LogP contribution in [0.3, 0.4) is 0 Å². The molecule has 2 aromatic carbocycles. The molecule has 0 spiro atoms. The van der Waals surface area contributed by atoms with Gasteiger partial charge in [0.1, 0.15) is 18.1 Å². The second-order valence-corrected chi connectivity index (χ2v) is 7.74. The molecule has 1 aromatic heterocycles. The van der Waals surface area contributed by atoms with Crippen LogP contribution in [-0.4, -0.2) is 33.9 Å². The molecule has 1 aliphatic rings. The summed E-state index contributed by atoms with van der Waals surface area (Å²) in [5.41, 5.74) is 3.41. The number of unbranched alkanes of at least 4 members (excludes halogenated alkanes) is 1. The molecule has 2 heterocycles. The Morgan fingerprint density at radius 2 is 1.88 bits per heavy atom. The van der Waals surface area contributed by atoms with Gasteiger partial charge < -0.3 is 14.8 Å². The van der Waals surface area contributed by atoms with E-state index in [9.17, 15) is 4.79 Å². The van der Waals surface area contributed by atoms with Crippen molar-refractivity contribution in [3.8, 4) is 5.75 Å². The molecular weight excluding hydrogens is 404 g/mol. The van der Waals surface area contributed by atoms with Gasteiger partial charge in [-0.25, -0.2) is 9.48 Å². The zero-order chi connectivity index (χ0) is 22.3. The lowest BCUT2D eigenvalue weighted by Crippen LogP contribution is -2.29. The molecule has 0 radical (unpaired) electrons. The molecule has 32 heavy (non-hydrogen) atoms. The van der Waals surface area contributed by atoms with Gasteiger partial charge in [-0.3, -0.25) is 0 Å². The first-order valence-electron chi connectivity index (χ1n) is 11.0. The number of fused-ring (bicyclic) bond motifs is 1. The molecular formula is C25H28N4O3. The number of hydrogen-bond acceptors (Lipinski definition) is 6. The molecule has 0 amide bonds. The number of carbonyl (C=O) groups excluding carboxylic acids is 1. The van der Waals surface area contributed by atoms with Crippen molar-refractivity contribution in [3.05, 3.63) is 83.3 Å². The molecule has 1 aliphatic heterocycles. The number of nitrogens with zero attached hydrogens (tertiary/aromatic N) is 3. The number of esters is 1. The third-order valence-electron chi connectivity index (χ3n) is 5.44. The first kappa shape index (κ1) is 21.6. The van der Waals surface area contributed by atoms with Crippen LogP contribution in [0.15, 0.2) is 72.2 Å². The minimum absolute atomic E-state index is 0.335. The van der Waals surface area contributed by atoms with Gasteiger partial charge in [-0.15, -0.1) is 0 Å². The number of carbonyl (C=O) groups is 1. The van der Waals surface area contributed by atoms with Gasteiger partial charge in [-0.2, -0.15) is 10.1 Å². The summed E-state index contributed by atoms with van der Waals surface area (Å²) in [6, 6.07) is 17.6. The molecule has 1 unspecified atom stereocenters. The third kappa shape index (κ3) is 4.82. The Kier molecular flexibility index (Phi) is 6.84. The quantitative estimate of drug-likeness (QED) is 0.395. The van der Waals surface area contributed by atoms with Gasteiger partial charge in [-0.1, -0.05) is 55.8 Å². The van der Waals surface area contributed by atoms with E-state index >= 15 is 0 Å². The van der Waals surface area contributed by atoms with Gasteiger partial charge in [0, 0.05) is 12.1 Å². The number of hydrogen-bond donors (Lipinski definition) is 1. The second kappa shape index (κ2) is 10.1. The Labute approximate surface area is 188 Å². The molecule has 1 atom stereocenters. The number of rotatable bonds is 9. The lowest BCUT2D eigenvalue weighted by Gasteiger charge is -2.28. The Hall–Kier alpha value is -3.61. The minimum atomic E-state index is -0.416. The largest absolute Gasteiger partial charge is 0.493 e.